The number of ether oxygens (including phenoxy) is 1. The first-order valence-electron chi connectivity index (χ1n) is 6.02. The number of hydrogen-bond acceptors (Lipinski definition) is 2. The summed E-state index contributed by atoms with van der Waals surface area (Å²) >= 11 is 3.41. The largest absolute Gasteiger partial charge is 0.497 e. The Hall–Kier alpha value is -1.61. The molecule has 0 aliphatic carbocycles. The lowest BCUT2D eigenvalue weighted by molar-refractivity contribution is 0.0992. The van der Waals surface area contributed by atoms with E-state index in [9.17, 15) is 4.79 Å². The monoisotopic (exact) mass is 318 g/mol. The zero-order valence-electron chi connectivity index (χ0n) is 10.9. The summed E-state index contributed by atoms with van der Waals surface area (Å²) in [5.74, 6) is 0.771. The summed E-state index contributed by atoms with van der Waals surface area (Å²) in [7, 11) is 1.60. The molecule has 0 atom stereocenters. The highest BCUT2D eigenvalue weighted by atomic mass is 79.9. The molecule has 0 radical (unpaired) electrons. The Morgan fingerprint density at radius 3 is 2.68 bits per heavy atom. The van der Waals surface area contributed by atoms with Crippen LogP contribution in [0.4, 0.5) is 0 Å². The van der Waals surface area contributed by atoms with Gasteiger partial charge in [-0.15, -0.1) is 0 Å². The van der Waals surface area contributed by atoms with Crippen molar-refractivity contribution in [3.05, 3.63) is 63.6 Å². The first-order valence-corrected chi connectivity index (χ1v) is 6.81. The molecule has 0 aliphatic heterocycles. The van der Waals surface area contributed by atoms with Crippen molar-refractivity contribution in [1.29, 1.82) is 0 Å². The van der Waals surface area contributed by atoms with Crippen molar-refractivity contribution >= 4 is 21.7 Å². The lowest BCUT2D eigenvalue weighted by Crippen LogP contribution is -2.05. The van der Waals surface area contributed by atoms with Crippen molar-refractivity contribution < 1.29 is 9.53 Å². The third kappa shape index (κ3) is 3.44. The van der Waals surface area contributed by atoms with E-state index in [1.165, 1.54) is 0 Å². The Balaban J connectivity index is 2.25. The molecule has 0 saturated carbocycles. The summed E-state index contributed by atoms with van der Waals surface area (Å²) < 4.78 is 5.95. The fourth-order valence-electron chi connectivity index (χ4n) is 1.95. The Labute approximate surface area is 121 Å². The van der Waals surface area contributed by atoms with E-state index >= 15 is 0 Å². The summed E-state index contributed by atoms with van der Waals surface area (Å²) in [6.45, 7) is 2.02. The second-order valence-electron chi connectivity index (χ2n) is 4.43. The molecule has 2 aromatic carbocycles. The van der Waals surface area contributed by atoms with Gasteiger partial charge in [0.05, 0.1) is 7.11 Å². The average molecular weight is 319 g/mol. The van der Waals surface area contributed by atoms with Gasteiger partial charge in [0.2, 0.25) is 0 Å². The van der Waals surface area contributed by atoms with Crippen molar-refractivity contribution in [1.82, 2.24) is 0 Å². The Morgan fingerprint density at radius 2 is 2.00 bits per heavy atom. The van der Waals surface area contributed by atoms with Gasteiger partial charge in [0.1, 0.15) is 5.75 Å². The molecule has 98 valence electrons. The molecule has 19 heavy (non-hydrogen) atoms. The number of carbonyl (C=O) groups excluding carboxylic acids is 1. The van der Waals surface area contributed by atoms with Gasteiger partial charge >= 0.3 is 0 Å². The molecule has 2 rings (SSSR count). The van der Waals surface area contributed by atoms with E-state index in [0.29, 0.717) is 17.7 Å². The van der Waals surface area contributed by atoms with Gasteiger partial charge in [0.25, 0.3) is 0 Å². The second-order valence-corrected chi connectivity index (χ2v) is 5.29. The molecule has 0 fully saturated rings. The molecule has 0 heterocycles. The zero-order valence-corrected chi connectivity index (χ0v) is 12.5. The first kappa shape index (κ1) is 13.8. The standard InChI is InChI=1S/C16H15BrO2/c1-11-4-3-5-12(8-11)9-16(18)14-10-13(19-2)6-7-15(14)17/h3-8,10H,9H2,1-2H3. The van der Waals surface area contributed by atoms with Gasteiger partial charge < -0.3 is 4.74 Å². The van der Waals surface area contributed by atoms with Crippen LogP contribution in [0.15, 0.2) is 46.9 Å². The van der Waals surface area contributed by atoms with E-state index in [-0.39, 0.29) is 5.78 Å². The SMILES string of the molecule is COc1ccc(Br)c(C(=O)Cc2cccc(C)c2)c1. The molecular formula is C16H15BrO2. The van der Waals surface area contributed by atoms with Crippen molar-refractivity contribution in [2.75, 3.05) is 7.11 Å². The molecule has 3 heteroatoms. The van der Waals surface area contributed by atoms with E-state index in [1.807, 2.05) is 43.3 Å². The summed E-state index contributed by atoms with van der Waals surface area (Å²) in [6, 6.07) is 13.4. The van der Waals surface area contributed by atoms with Gasteiger partial charge in [-0.3, -0.25) is 4.79 Å². The van der Waals surface area contributed by atoms with Crippen molar-refractivity contribution in [3.63, 3.8) is 0 Å². The van der Waals surface area contributed by atoms with E-state index < -0.39 is 0 Å². The van der Waals surface area contributed by atoms with Crippen LogP contribution >= 0.6 is 15.9 Å². The third-order valence-corrected chi connectivity index (χ3v) is 3.61. The van der Waals surface area contributed by atoms with Gasteiger partial charge in [-0.2, -0.15) is 0 Å². The van der Waals surface area contributed by atoms with Crippen LogP contribution in [0.3, 0.4) is 0 Å². The third-order valence-electron chi connectivity index (χ3n) is 2.92. The molecule has 0 amide bonds. The molecular weight excluding hydrogens is 304 g/mol. The maximum absolute atomic E-state index is 12.3. The lowest BCUT2D eigenvalue weighted by Gasteiger charge is -2.07. The first-order chi connectivity index (χ1) is 9.10. The molecule has 0 bridgehead atoms. The van der Waals surface area contributed by atoms with Crippen molar-refractivity contribution in [2.24, 2.45) is 0 Å². The molecule has 0 aromatic heterocycles. The molecule has 2 aromatic rings. The van der Waals surface area contributed by atoms with Crippen LogP contribution in [0.5, 0.6) is 5.75 Å². The number of carbonyl (C=O) groups is 1. The van der Waals surface area contributed by atoms with Crippen LogP contribution < -0.4 is 4.74 Å². The van der Waals surface area contributed by atoms with Gasteiger partial charge in [-0.25, -0.2) is 0 Å². The van der Waals surface area contributed by atoms with E-state index in [1.54, 1.807) is 13.2 Å². The average Bonchev–Trinajstić information content (AvgIpc) is 2.39. The summed E-state index contributed by atoms with van der Waals surface area (Å²) in [5.41, 5.74) is 2.84. The maximum atomic E-state index is 12.3. The minimum absolute atomic E-state index is 0.0800. The summed E-state index contributed by atoms with van der Waals surface area (Å²) in [6.07, 6.45) is 0.396. The predicted octanol–water partition coefficient (Wildman–Crippen LogP) is 4.19. The molecule has 0 N–H and O–H groups in total. The summed E-state index contributed by atoms with van der Waals surface area (Å²) in [4.78, 5) is 12.3. The number of rotatable bonds is 4. The second kappa shape index (κ2) is 6.02. The Kier molecular flexibility index (Phi) is 4.38. The highest BCUT2D eigenvalue weighted by molar-refractivity contribution is 9.10. The smallest absolute Gasteiger partial charge is 0.168 e. The Morgan fingerprint density at radius 1 is 1.21 bits per heavy atom. The topological polar surface area (TPSA) is 26.3 Å². The number of methoxy groups -OCH3 is 1. The molecule has 0 spiro atoms. The minimum atomic E-state index is 0.0800. The maximum Gasteiger partial charge on any atom is 0.168 e. The van der Waals surface area contributed by atoms with Crippen LogP contribution in [0, 0.1) is 6.92 Å². The molecule has 0 saturated heterocycles. The van der Waals surface area contributed by atoms with Crippen LogP contribution in [-0.4, -0.2) is 12.9 Å². The van der Waals surface area contributed by atoms with Gasteiger partial charge in [0.15, 0.2) is 5.78 Å². The fraction of sp³-hybridized carbons (Fsp3) is 0.188. The Bertz CT molecular complexity index is 605. The van der Waals surface area contributed by atoms with Crippen molar-refractivity contribution in [3.8, 4) is 5.75 Å². The predicted molar refractivity (Wildman–Crippen MR) is 79.9 cm³/mol. The van der Waals surface area contributed by atoms with Crippen LogP contribution in [0.2, 0.25) is 0 Å². The van der Waals surface area contributed by atoms with Gasteiger partial charge in [-0.1, -0.05) is 45.8 Å². The molecule has 2 nitrogen and oxygen atoms in total. The molecule has 0 aliphatic rings. The normalized spacial score (nSPS) is 10.3. The van der Waals surface area contributed by atoms with Crippen LogP contribution in [0.1, 0.15) is 21.5 Å². The highest BCUT2D eigenvalue weighted by Crippen LogP contribution is 2.24. The van der Waals surface area contributed by atoms with Gasteiger partial charge in [-0.05, 0) is 30.7 Å². The quantitative estimate of drug-likeness (QED) is 0.790. The van der Waals surface area contributed by atoms with E-state index in [2.05, 4.69) is 15.9 Å². The number of benzene rings is 2. The zero-order chi connectivity index (χ0) is 13.8. The van der Waals surface area contributed by atoms with Crippen molar-refractivity contribution in [2.45, 2.75) is 13.3 Å². The number of Topliss-reactive ketones (excluding diaryl/α,β-unsaturated/α-hetero) is 1. The van der Waals surface area contributed by atoms with Gasteiger partial charge in [0, 0.05) is 16.5 Å². The number of ketones is 1. The van der Waals surface area contributed by atoms with Crippen LogP contribution in [-0.2, 0) is 6.42 Å². The number of aryl methyl sites for hydroxylation is 1. The summed E-state index contributed by atoms with van der Waals surface area (Å²) in [5, 5.41) is 0. The van der Waals surface area contributed by atoms with Crippen LogP contribution in [0.25, 0.3) is 0 Å². The minimum Gasteiger partial charge on any atom is -0.497 e. The van der Waals surface area contributed by atoms with E-state index in [4.69, 9.17) is 4.74 Å². The van der Waals surface area contributed by atoms with E-state index in [0.717, 1.165) is 15.6 Å². The number of hydrogen-bond donors (Lipinski definition) is 0. The lowest BCUT2D eigenvalue weighted by atomic mass is 10.0. The highest BCUT2D eigenvalue weighted by Gasteiger charge is 2.12. The number of halogens is 1. The fourth-order valence-corrected chi connectivity index (χ4v) is 2.42. The molecule has 0 unspecified atom stereocenters.